The van der Waals surface area contributed by atoms with Crippen molar-refractivity contribution in [3.63, 3.8) is 0 Å². The molecule has 0 aliphatic heterocycles. The molecule has 0 saturated carbocycles. The molecule has 0 unspecified atom stereocenters. The average Bonchev–Trinajstić information content (AvgIpc) is 2.20. The summed E-state index contributed by atoms with van der Waals surface area (Å²) >= 11 is 15.6. The second kappa shape index (κ2) is 5.43. The topological polar surface area (TPSA) is 66.4 Å². The molecule has 4 nitrogen and oxygen atoms in total. The molecule has 0 radical (unpaired) electrons. The van der Waals surface area contributed by atoms with Crippen molar-refractivity contribution in [1.82, 2.24) is 5.32 Å². The van der Waals surface area contributed by atoms with E-state index in [0.29, 0.717) is 4.90 Å². The maximum Gasteiger partial charge on any atom is 0.322 e. The molecule has 0 fully saturated rings. The molecule has 0 aliphatic rings. The first-order valence-corrected chi connectivity index (χ1v) is 5.30. The number of benzene rings is 1. The van der Waals surface area contributed by atoms with E-state index in [0.717, 1.165) is 0 Å². The molecule has 0 aliphatic carbocycles. The van der Waals surface area contributed by atoms with Crippen molar-refractivity contribution >= 4 is 47.7 Å². The number of halogens is 2. The van der Waals surface area contributed by atoms with E-state index in [4.69, 9.17) is 28.3 Å². The van der Waals surface area contributed by atoms with E-state index in [2.05, 4.69) is 17.9 Å². The average molecular weight is 280 g/mol. The normalized spacial score (nSPS) is 9.94. The third kappa shape index (κ3) is 3.30. The molecule has 1 aromatic rings. The lowest BCUT2D eigenvalue weighted by atomic mass is 10.2. The Morgan fingerprint density at radius 3 is 2.50 bits per heavy atom. The first-order valence-electron chi connectivity index (χ1n) is 4.10. The van der Waals surface area contributed by atoms with E-state index in [1.165, 1.54) is 12.1 Å². The van der Waals surface area contributed by atoms with Gasteiger partial charge in [0.25, 0.3) is 5.91 Å². The van der Waals surface area contributed by atoms with E-state index < -0.39 is 18.4 Å². The van der Waals surface area contributed by atoms with Crippen molar-refractivity contribution in [2.45, 2.75) is 4.90 Å². The molecule has 2 N–H and O–H groups in total. The largest absolute Gasteiger partial charge is 0.480 e. The smallest absolute Gasteiger partial charge is 0.322 e. The zero-order valence-corrected chi connectivity index (χ0v) is 10.2. The van der Waals surface area contributed by atoms with Crippen molar-refractivity contribution in [2.24, 2.45) is 0 Å². The molecule has 0 bridgehead atoms. The minimum Gasteiger partial charge on any atom is -0.480 e. The van der Waals surface area contributed by atoms with Gasteiger partial charge in [-0.05, 0) is 12.1 Å². The van der Waals surface area contributed by atoms with Crippen molar-refractivity contribution < 1.29 is 14.7 Å². The number of carboxylic acid groups (broad SMARTS) is 1. The van der Waals surface area contributed by atoms with Crippen molar-refractivity contribution in [3.05, 3.63) is 27.7 Å². The Morgan fingerprint density at radius 2 is 1.94 bits per heavy atom. The van der Waals surface area contributed by atoms with Crippen LogP contribution in [-0.4, -0.2) is 23.5 Å². The molecule has 0 spiro atoms. The van der Waals surface area contributed by atoms with Crippen LogP contribution in [0.2, 0.25) is 10.0 Å². The highest BCUT2D eigenvalue weighted by molar-refractivity contribution is 7.80. The zero-order valence-electron chi connectivity index (χ0n) is 7.83. The molecule has 0 atom stereocenters. The van der Waals surface area contributed by atoms with Crippen LogP contribution in [0.25, 0.3) is 0 Å². The SMILES string of the molecule is O=C(O)CNC(=O)c1cc(Cl)c(S)cc1Cl. The van der Waals surface area contributed by atoms with Gasteiger partial charge < -0.3 is 10.4 Å². The maximum absolute atomic E-state index is 11.5. The number of hydrogen-bond acceptors (Lipinski definition) is 3. The van der Waals surface area contributed by atoms with Crippen molar-refractivity contribution in [2.75, 3.05) is 6.54 Å². The summed E-state index contributed by atoms with van der Waals surface area (Å²) in [6.45, 7) is -0.477. The van der Waals surface area contributed by atoms with Gasteiger partial charge in [0.2, 0.25) is 0 Å². The molecule has 0 aromatic heterocycles. The van der Waals surface area contributed by atoms with Gasteiger partial charge >= 0.3 is 5.97 Å². The van der Waals surface area contributed by atoms with E-state index >= 15 is 0 Å². The van der Waals surface area contributed by atoms with Gasteiger partial charge in [-0.25, -0.2) is 0 Å². The second-order valence-corrected chi connectivity index (χ2v) is 4.16. The van der Waals surface area contributed by atoms with E-state index in [9.17, 15) is 9.59 Å². The number of carbonyl (C=O) groups excluding carboxylic acids is 1. The van der Waals surface area contributed by atoms with Crippen molar-refractivity contribution in [3.8, 4) is 0 Å². The lowest BCUT2D eigenvalue weighted by Crippen LogP contribution is -2.29. The Kier molecular flexibility index (Phi) is 4.46. The molecule has 1 rings (SSSR count). The fourth-order valence-electron chi connectivity index (χ4n) is 0.961. The maximum atomic E-state index is 11.5. The zero-order chi connectivity index (χ0) is 12.3. The molecular formula is C9H7Cl2NO3S. The Labute approximate surface area is 107 Å². The third-order valence-corrected chi connectivity index (χ3v) is 2.81. The highest BCUT2D eigenvalue weighted by Gasteiger charge is 2.13. The Balaban J connectivity index is 2.91. The van der Waals surface area contributed by atoms with E-state index in [-0.39, 0.29) is 15.6 Å². The van der Waals surface area contributed by atoms with E-state index in [1.54, 1.807) is 0 Å². The molecule has 0 heterocycles. The van der Waals surface area contributed by atoms with Crippen LogP contribution in [0.15, 0.2) is 17.0 Å². The highest BCUT2D eigenvalue weighted by atomic mass is 35.5. The van der Waals surface area contributed by atoms with E-state index in [1.807, 2.05) is 0 Å². The lowest BCUT2D eigenvalue weighted by Gasteiger charge is -2.06. The number of rotatable bonds is 3. The van der Waals surface area contributed by atoms with Crippen LogP contribution in [0.1, 0.15) is 10.4 Å². The van der Waals surface area contributed by atoms with Crippen LogP contribution in [0, 0.1) is 0 Å². The highest BCUT2D eigenvalue weighted by Crippen LogP contribution is 2.27. The fraction of sp³-hybridized carbons (Fsp3) is 0.111. The molecule has 16 heavy (non-hydrogen) atoms. The number of thiol groups is 1. The summed E-state index contributed by atoms with van der Waals surface area (Å²) in [5.41, 5.74) is 0.116. The lowest BCUT2D eigenvalue weighted by molar-refractivity contribution is -0.135. The summed E-state index contributed by atoms with van der Waals surface area (Å²) in [6, 6.07) is 2.76. The second-order valence-electron chi connectivity index (χ2n) is 2.86. The predicted octanol–water partition coefficient (Wildman–Crippen LogP) is 2.10. The van der Waals surface area contributed by atoms with Gasteiger partial charge in [0, 0.05) is 4.90 Å². The van der Waals surface area contributed by atoms with Crippen LogP contribution < -0.4 is 5.32 Å². The molecule has 1 aromatic carbocycles. The summed E-state index contributed by atoms with van der Waals surface area (Å²) in [5, 5.41) is 11.0. The standard InChI is InChI=1S/C9H7Cl2NO3S/c10-5-2-7(16)6(11)1-4(5)9(15)12-3-8(13)14/h1-2,16H,3H2,(H,12,15)(H,13,14). The van der Waals surface area contributed by atoms with Crippen LogP contribution in [0.3, 0.4) is 0 Å². The fourth-order valence-corrected chi connectivity index (χ4v) is 1.64. The number of carboxylic acids is 1. The van der Waals surface area contributed by atoms with Gasteiger partial charge in [0.15, 0.2) is 0 Å². The number of amides is 1. The van der Waals surface area contributed by atoms with Crippen LogP contribution in [0.4, 0.5) is 0 Å². The summed E-state index contributed by atoms with van der Waals surface area (Å²) in [6.07, 6.45) is 0. The minimum atomic E-state index is -1.14. The first-order chi connectivity index (χ1) is 7.41. The summed E-state index contributed by atoms with van der Waals surface area (Å²) in [4.78, 5) is 22.2. The van der Waals surface area contributed by atoms with Gasteiger partial charge in [0.05, 0.1) is 15.6 Å². The van der Waals surface area contributed by atoms with Crippen LogP contribution >= 0.6 is 35.8 Å². The Morgan fingerprint density at radius 1 is 1.31 bits per heavy atom. The minimum absolute atomic E-state index is 0.116. The van der Waals surface area contributed by atoms with Gasteiger partial charge in [-0.1, -0.05) is 23.2 Å². The van der Waals surface area contributed by atoms with Gasteiger partial charge in [-0.2, -0.15) is 0 Å². The summed E-state index contributed by atoms with van der Waals surface area (Å²) in [7, 11) is 0. The molecule has 7 heteroatoms. The van der Waals surface area contributed by atoms with Gasteiger partial charge in [0.1, 0.15) is 6.54 Å². The molecule has 0 saturated heterocycles. The van der Waals surface area contributed by atoms with Gasteiger partial charge in [-0.15, -0.1) is 12.6 Å². The predicted molar refractivity (Wildman–Crippen MR) is 63.7 cm³/mol. The van der Waals surface area contributed by atoms with Crippen LogP contribution in [0.5, 0.6) is 0 Å². The van der Waals surface area contributed by atoms with Crippen molar-refractivity contribution in [1.29, 1.82) is 0 Å². The summed E-state index contributed by atoms with van der Waals surface area (Å²) in [5.74, 6) is -1.73. The number of aliphatic carboxylic acids is 1. The van der Waals surface area contributed by atoms with Crippen LogP contribution in [-0.2, 0) is 4.79 Å². The number of carbonyl (C=O) groups is 2. The third-order valence-electron chi connectivity index (χ3n) is 1.68. The monoisotopic (exact) mass is 279 g/mol. The van der Waals surface area contributed by atoms with Gasteiger partial charge in [-0.3, -0.25) is 9.59 Å². The number of hydrogen-bond donors (Lipinski definition) is 3. The first kappa shape index (κ1) is 13.2. The Bertz CT molecular complexity index is 451. The Hall–Kier alpha value is -0.910. The number of nitrogens with one attached hydrogen (secondary N) is 1. The molecular weight excluding hydrogens is 273 g/mol. The summed E-state index contributed by atoms with van der Waals surface area (Å²) < 4.78 is 0. The molecule has 86 valence electrons. The quantitative estimate of drug-likeness (QED) is 0.743. The molecule has 1 amide bonds.